The van der Waals surface area contributed by atoms with E-state index in [0.29, 0.717) is 30.9 Å². The average molecular weight is 829 g/mol. The van der Waals surface area contributed by atoms with E-state index >= 15 is 0 Å². The van der Waals surface area contributed by atoms with Crippen molar-refractivity contribution >= 4 is 40.7 Å². The summed E-state index contributed by atoms with van der Waals surface area (Å²) in [5, 5.41) is 42.0. The van der Waals surface area contributed by atoms with Crippen molar-refractivity contribution in [2.75, 3.05) is 38.6 Å². The van der Waals surface area contributed by atoms with E-state index in [1.54, 1.807) is 19.2 Å². The number of amides is 3. The number of carbonyl (C=O) groups excluding carboxylic acids is 3. The highest BCUT2D eigenvalue weighted by Crippen LogP contribution is 2.30. The van der Waals surface area contributed by atoms with Gasteiger partial charge in [-0.3, -0.25) is 24.1 Å². The van der Waals surface area contributed by atoms with Crippen LogP contribution in [0.3, 0.4) is 0 Å². The molecule has 58 heavy (non-hydrogen) atoms. The van der Waals surface area contributed by atoms with Crippen molar-refractivity contribution in [3.8, 4) is 0 Å². The number of carboxylic acids is 1. The van der Waals surface area contributed by atoms with E-state index in [4.69, 9.17) is 5.11 Å². The molecule has 0 radical (unpaired) electrons. The SMILES string of the molecule is CCCCCCN(C(=O)[C@@H](NC(=O)[C@H]1CCCCN1C)[C@@H](C)CC)C(C[C@@H](O)c1nc(C(=O)N[C@@H](Cc2ccc(NCCO)cc2)CC(C)(C)C(=O)O)cs1)C(C)C. The zero-order valence-electron chi connectivity index (χ0n) is 36.3. The van der Waals surface area contributed by atoms with Crippen LogP contribution in [-0.2, 0) is 20.8 Å². The Morgan fingerprint density at radius 1 is 1.03 bits per heavy atom. The van der Waals surface area contributed by atoms with Crippen molar-refractivity contribution in [2.45, 2.75) is 149 Å². The lowest BCUT2D eigenvalue weighted by Gasteiger charge is -2.40. The molecular weight excluding hydrogens is 757 g/mol. The largest absolute Gasteiger partial charge is 0.481 e. The first kappa shape index (κ1) is 48.8. The van der Waals surface area contributed by atoms with Gasteiger partial charge < -0.3 is 36.2 Å². The van der Waals surface area contributed by atoms with Gasteiger partial charge >= 0.3 is 5.97 Å². The van der Waals surface area contributed by atoms with Gasteiger partial charge in [0.05, 0.1) is 18.1 Å². The maximum atomic E-state index is 14.7. The van der Waals surface area contributed by atoms with Crippen LogP contribution in [0.15, 0.2) is 29.6 Å². The Bertz CT molecular complexity index is 1580. The quantitative estimate of drug-likeness (QED) is 0.0625. The molecule has 0 aliphatic carbocycles. The Hall–Kier alpha value is -3.59. The summed E-state index contributed by atoms with van der Waals surface area (Å²) < 4.78 is 0. The predicted molar refractivity (Wildman–Crippen MR) is 231 cm³/mol. The highest BCUT2D eigenvalue weighted by molar-refractivity contribution is 7.09. The topological polar surface area (TPSA) is 184 Å². The van der Waals surface area contributed by atoms with E-state index in [9.17, 15) is 29.4 Å². The number of aliphatic carboxylic acids is 1. The predicted octanol–water partition coefficient (Wildman–Crippen LogP) is 6.26. The second-order valence-corrected chi connectivity index (χ2v) is 18.1. The van der Waals surface area contributed by atoms with Crippen molar-refractivity contribution in [1.82, 2.24) is 25.4 Å². The smallest absolute Gasteiger partial charge is 0.309 e. The van der Waals surface area contributed by atoms with Gasteiger partial charge in [-0.15, -0.1) is 11.3 Å². The van der Waals surface area contributed by atoms with Crippen LogP contribution in [0.5, 0.6) is 0 Å². The molecule has 1 aliphatic heterocycles. The molecule has 326 valence electrons. The van der Waals surface area contributed by atoms with Crippen LogP contribution in [0, 0.1) is 17.3 Å². The minimum absolute atomic E-state index is 0.00334. The molecular formula is C44H72N6O7S. The number of thiazole rings is 1. The summed E-state index contributed by atoms with van der Waals surface area (Å²) in [4.78, 5) is 62.6. The van der Waals surface area contributed by atoms with Gasteiger partial charge in [0.1, 0.15) is 22.8 Å². The third kappa shape index (κ3) is 14.6. The third-order valence-corrected chi connectivity index (χ3v) is 12.6. The zero-order chi connectivity index (χ0) is 43.0. The number of likely N-dealkylation sites (N-methyl/N-ethyl adjacent to an activating group) is 1. The molecule has 14 heteroatoms. The minimum Gasteiger partial charge on any atom is -0.481 e. The first-order valence-electron chi connectivity index (χ1n) is 21.4. The number of nitrogens with one attached hydrogen (secondary N) is 3. The normalized spacial score (nSPS) is 17.5. The second kappa shape index (κ2) is 23.9. The summed E-state index contributed by atoms with van der Waals surface area (Å²) in [6.45, 7) is 15.3. The van der Waals surface area contributed by atoms with Crippen LogP contribution in [0.4, 0.5) is 5.69 Å². The highest BCUT2D eigenvalue weighted by atomic mass is 32.1. The van der Waals surface area contributed by atoms with E-state index in [-0.39, 0.29) is 60.9 Å². The van der Waals surface area contributed by atoms with Crippen LogP contribution in [0.1, 0.15) is 140 Å². The zero-order valence-corrected chi connectivity index (χ0v) is 37.1. The highest BCUT2D eigenvalue weighted by Gasteiger charge is 2.38. The number of rotatable bonds is 25. The molecule has 6 atom stereocenters. The van der Waals surface area contributed by atoms with Crippen LogP contribution in [-0.4, -0.2) is 111 Å². The van der Waals surface area contributed by atoms with Gasteiger partial charge in [-0.1, -0.05) is 78.9 Å². The number of carbonyl (C=O) groups is 4. The number of anilines is 1. The van der Waals surface area contributed by atoms with Gasteiger partial charge in [0.15, 0.2) is 0 Å². The third-order valence-electron chi connectivity index (χ3n) is 11.6. The van der Waals surface area contributed by atoms with Gasteiger partial charge in [0.25, 0.3) is 5.91 Å². The molecule has 1 saturated heterocycles. The number of likely N-dealkylation sites (tertiary alicyclic amines) is 1. The molecule has 3 amide bonds. The lowest BCUT2D eigenvalue weighted by Crippen LogP contribution is -2.58. The van der Waals surface area contributed by atoms with Crippen molar-refractivity contribution < 1.29 is 34.5 Å². The first-order valence-corrected chi connectivity index (χ1v) is 22.3. The van der Waals surface area contributed by atoms with Gasteiger partial charge in [-0.2, -0.15) is 0 Å². The van der Waals surface area contributed by atoms with Gasteiger partial charge in [-0.25, -0.2) is 4.98 Å². The van der Waals surface area contributed by atoms with Crippen molar-refractivity contribution in [1.29, 1.82) is 0 Å². The van der Waals surface area contributed by atoms with Gasteiger partial charge in [0, 0.05) is 42.7 Å². The lowest BCUT2D eigenvalue weighted by molar-refractivity contribution is -0.147. The summed E-state index contributed by atoms with van der Waals surface area (Å²) in [7, 11) is 1.96. The molecule has 2 heterocycles. The number of piperidine rings is 1. The molecule has 2 aromatic rings. The van der Waals surface area contributed by atoms with E-state index in [2.05, 4.69) is 32.8 Å². The van der Waals surface area contributed by atoms with Crippen LogP contribution >= 0.6 is 11.3 Å². The Morgan fingerprint density at radius 3 is 2.34 bits per heavy atom. The summed E-state index contributed by atoms with van der Waals surface area (Å²) in [6, 6.07) is 5.70. The van der Waals surface area contributed by atoms with Crippen LogP contribution in [0.2, 0.25) is 0 Å². The van der Waals surface area contributed by atoms with Crippen LogP contribution < -0.4 is 16.0 Å². The first-order chi connectivity index (χ1) is 27.5. The number of aliphatic hydroxyl groups is 2. The molecule has 0 spiro atoms. The van der Waals surface area contributed by atoms with Gasteiger partial charge in [-0.05, 0) is 89.1 Å². The molecule has 3 rings (SSSR count). The fraction of sp³-hybridized carbons (Fsp3) is 0.705. The molecule has 0 saturated carbocycles. The Morgan fingerprint density at radius 2 is 1.74 bits per heavy atom. The maximum absolute atomic E-state index is 14.7. The minimum atomic E-state index is -1.11. The van der Waals surface area contributed by atoms with E-state index in [1.165, 1.54) is 11.3 Å². The lowest BCUT2D eigenvalue weighted by atomic mass is 9.84. The maximum Gasteiger partial charge on any atom is 0.309 e. The molecule has 1 fully saturated rings. The Kier molecular flexibility index (Phi) is 20.1. The Labute approximate surface area is 350 Å². The van der Waals surface area contributed by atoms with Crippen molar-refractivity contribution in [3.63, 3.8) is 0 Å². The molecule has 1 aromatic carbocycles. The van der Waals surface area contributed by atoms with Crippen molar-refractivity contribution in [3.05, 3.63) is 45.9 Å². The van der Waals surface area contributed by atoms with E-state index < -0.39 is 35.5 Å². The molecule has 1 aromatic heterocycles. The number of hydrogen-bond acceptors (Lipinski definition) is 10. The Balaban J connectivity index is 1.83. The number of aromatic nitrogens is 1. The summed E-state index contributed by atoms with van der Waals surface area (Å²) in [6.07, 6.45) is 7.07. The van der Waals surface area contributed by atoms with Crippen molar-refractivity contribution in [2.24, 2.45) is 17.3 Å². The number of unbranched alkanes of at least 4 members (excludes halogenated alkanes) is 3. The molecule has 1 aliphatic rings. The molecule has 13 nitrogen and oxygen atoms in total. The fourth-order valence-corrected chi connectivity index (χ4v) is 8.48. The molecule has 6 N–H and O–H groups in total. The fourth-order valence-electron chi connectivity index (χ4n) is 7.68. The van der Waals surface area contributed by atoms with E-state index in [1.807, 2.05) is 63.9 Å². The average Bonchev–Trinajstić information content (AvgIpc) is 3.69. The van der Waals surface area contributed by atoms with Gasteiger partial charge in [0.2, 0.25) is 11.8 Å². The second-order valence-electron chi connectivity index (χ2n) is 17.2. The number of hydrogen-bond donors (Lipinski definition) is 6. The number of aliphatic hydroxyl groups excluding tert-OH is 2. The monoisotopic (exact) mass is 829 g/mol. The number of nitrogens with zero attached hydrogens (tertiary/aromatic N) is 3. The number of carboxylic acid groups (broad SMARTS) is 1. The number of benzene rings is 1. The van der Waals surface area contributed by atoms with Crippen LogP contribution in [0.25, 0.3) is 0 Å². The van der Waals surface area contributed by atoms with E-state index in [0.717, 1.165) is 62.7 Å². The summed E-state index contributed by atoms with van der Waals surface area (Å²) in [5.74, 6) is -1.80. The molecule has 0 bridgehead atoms. The summed E-state index contributed by atoms with van der Waals surface area (Å²) >= 11 is 1.17. The molecule has 1 unspecified atom stereocenters. The summed E-state index contributed by atoms with van der Waals surface area (Å²) in [5.41, 5.74) is 0.756. The standard InChI is InChI=1S/C44H72N6O7S/c1-9-11-12-14-23-50(42(55)38(30(5)10-2)48-40(54)35-16-13-15-22-49(35)8)36(29(3)4)26-37(52)41-47-34(28-58-41)39(53)46-33(27-44(6,7)43(56)57)25-31-17-19-32(20-18-31)45-21-24-51/h17-20,28-30,33,35-38,45,51-52H,9-16,21-27H2,1-8H3,(H,46,53)(H,48,54)(H,56,57)/t30-,33-,35+,36?,37+,38-/m0/s1.